The zero-order valence-electron chi connectivity index (χ0n) is 21.0. The number of esters is 2. The van der Waals surface area contributed by atoms with Crippen LogP contribution in [0, 0.1) is 10.8 Å². The van der Waals surface area contributed by atoms with Crippen LogP contribution < -0.4 is 5.73 Å². The molecule has 2 heterocycles. The van der Waals surface area contributed by atoms with E-state index in [1.807, 2.05) is 0 Å². The Morgan fingerprint density at radius 3 is 2.03 bits per heavy atom. The predicted molar refractivity (Wildman–Crippen MR) is 125 cm³/mol. The van der Waals surface area contributed by atoms with Crippen molar-refractivity contribution in [3.63, 3.8) is 0 Å². The van der Waals surface area contributed by atoms with Crippen LogP contribution in [0.25, 0.3) is 11.2 Å². The Morgan fingerprint density at radius 2 is 1.54 bits per heavy atom. The van der Waals surface area contributed by atoms with Gasteiger partial charge in [0.15, 0.2) is 11.5 Å². The molecular weight excluding hydrogens is 481 g/mol. The highest BCUT2D eigenvalue weighted by Gasteiger charge is 2.47. The molecule has 0 spiro atoms. The number of rotatable bonds is 11. The van der Waals surface area contributed by atoms with Crippen molar-refractivity contribution >= 4 is 37.4 Å². The molecule has 0 aliphatic carbocycles. The van der Waals surface area contributed by atoms with E-state index in [-0.39, 0.29) is 12.4 Å². The maximum Gasteiger partial charge on any atom is 0.502 e. The molecule has 0 radical (unpaired) electrons. The van der Waals surface area contributed by atoms with E-state index in [4.69, 9.17) is 29.4 Å². The fourth-order valence-corrected chi connectivity index (χ4v) is 3.04. The Balaban J connectivity index is 2.14. The Bertz CT molecular complexity index is 1010. The normalized spacial score (nSPS) is 13.7. The van der Waals surface area contributed by atoms with Crippen LogP contribution in [-0.2, 0) is 44.4 Å². The summed E-state index contributed by atoms with van der Waals surface area (Å²) in [5.41, 5.74) is 2.98. The molecule has 0 saturated heterocycles. The van der Waals surface area contributed by atoms with Gasteiger partial charge in [0.05, 0.1) is 29.8 Å². The Kier molecular flexibility index (Phi) is 9.23. The summed E-state index contributed by atoms with van der Waals surface area (Å²) in [6.45, 7) is 10.7. The van der Waals surface area contributed by atoms with E-state index < -0.39 is 56.6 Å². The quantitative estimate of drug-likeness (QED) is 0.265. The van der Waals surface area contributed by atoms with E-state index in [0.29, 0.717) is 11.2 Å². The molecule has 2 N–H and O–H groups in total. The summed E-state index contributed by atoms with van der Waals surface area (Å²) in [7, 11) is -1.33. The first-order valence-corrected chi connectivity index (χ1v) is 11.7. The van der Waals surface area contributed by atoms with E-state index in [1.165, 1.54) is 12.7 Å². The highest BCUT2D eigenvalue weighted by Crippen LogP contribution is 2.31. The van der Waals surface area contributed by atoms with Gasteiger partial charge in [0.1, 0.15) is 11.8 Å². The van der Waals surface area contributed by atoms with Crippen molar-refractivity contribution < 1.29 is 37.8 Å². The summed E-state index contributed by atoms with van der Waals surface area (Å²) in [4.78, 5) is 36.4. The summed E-state index contributed by atoms with van der Waals surface area (Å²) >= 11 is 0. The zero-order chi connectivity index (χ0) is 26.4. The van der Waals surface area contributed by atoms with Crippen molar-refractivity contribution in [3.05, 3.63) is 12.7 Å². The first-order valence-electron chi connectivity index (χ1n) is 10.8. The standard InChI is InChI=1S/C21H32N5O8P/c1-13(8-26-10-25-14-15(22)23-9-24-16(14)26)34-21(35-29,32-11-30-17(27)19(2,3)4)33-12-31-18(28)20(5,6)7/h9-10,13H,8,11-12H2,1-7H3,(H2,22,23,24)/p+1/t13-/m1/s1. The largest absolute Gasteiger partial charge is 0.502 e. The third-order valence-corrected chi connectivity index (χ3v) is 5.12. The first kappa shape index (κ1) is 28.5. The van der Waals surface area contributed by atoms with Gasteiger partial charge in [0.25, 0.3) is 0 Å². The van der Waals surface area contributed by atoms with Crippen LogP contribution in [0.1, 0.15) is 48.5 Å². The molecule has 2 aromatic heterocycles. The van der Waals surface area contributed by atoms with Gasteiger partial charge in [-0.1, -0.05) is 4.57 Å². The van der Waals surface area contributed by atoms with Crippen LogP contribution in [0.4, 0.5) is 5.82 Å². The number of hydrogen-bond acceptors (Lipinski definition) is 12. The van der Waals surface area contributed by atoms with Crippen molar-refractivity contribution in [3.8, 4) is 0 Å². The molecule has 0 bridgehead atoms. The monoisotopic (exact) mass is 514 g/mol. The van der Waals surface area contributed by atoms with E-state index in [2.05, 4.69) is 15.0 Å². The second-order valence-corrected chi connectivity index (χ2v) is 10.6. The van der Waals surface area contributed by atoms with Crippen LogP contribution in [0.3, 0.4) is 0 Å². The van der Waals surface area contributed by atoms with Crippen LogP contribution in [-0.4, -0.2) is 56.9 Å². The molecule has 0 saturated carbocycles. The van der Waals surface area contributed by atoms with Gasteiger partial charge >= 0.3 is 26.1 Å². The lowest BCUT2D eigenvalue weighted by molar-refractivity contribution is -0.367. The number of hydrogen-bond donors (Lipinski definition) is 1. The lowest BCUT2D eigenvalue weighted by Gasteiger charge is -2.26. The molecular formula is C21H33N5O8P+. The molecule has 2 atom stereocenters. The smallest absolute Gasteiger partial charge is 0.438 e. The molecule has 2 rings (SSSR count). The van der Waals surface area contributed by atoms with Crippen LogP contribution in [0.15, 0.2) is 12.7 Å². The van der Waals surface area contributed by atoms with E-state index in [0.717, 1.165) is 0 Å². The van der Waals surface area contributed by atoms with Crippen LogP contribution in [0.2, 0.25) is 0 Å². The fourth-order valence-electron chi connectivity index (χ4n) is 2.56. The van der Waals surface area contributed by atoms with Gasteiger partial charge in [0.2, 0.25) is 13.6 Å². The number of nitrogens with zero attached hydrogens (tertiary/aromatic N) is 4. The second kappa shape index (κ2) is 11.3. The number of nitrogens with two attached hydrogens (primary N) is 1. The highest BCUT2D eigenvalue weighted by molar-refractivity contribution is 7.25. The molecule has 14 heteroatoms. The number of carbonyl (C=O) groups excluding carboxylic acids is 2. The summed E-state index contributed by atoms with van der Waals surface area (Å²) in [6.07, 6.45) is 2.14. The first-order chi connectivity index (χ1) is 16.2. The SMILES string of the molecule is C[C@H](Cn1cnc2c(N)ncnc21)OC(OCOC(=O)C(C)(C)C)(OCOC(=O)C(C)(C)C)[PH+]=O. The van der Waals surface area contributed by atoms with Crippen molar-refractivity contribution in [1.29, 1.82) is 0 Å². The van der Waals surface area contributed by atoms with Crippen molar-refractivity contribution in [2.24, 2.45) is 10.8 Å². The Hall–Kier alpha value is -2.73. The second-order valence-electron chi connectivity index (χ2n) is 9.80. The molecule has 0 fully saturated rings. The summed E-state index contributed by atoms with van der Waals surface area (Å²) in [5.74, 6) is -0.865. The average molecular weight is 514 g/mol. The van der Waals surface area contributed by atoms with Gasteiger partial charge in [-0.15, -0.1) is 0 Å². The number of carbonyl (C=O) groups is 2. The van der Waals surface area contributed by atoms with Gasteiger partial charge in [-0.2, -0.15) is 0 Å². The number of aromatic nitrogens is 4. The van der Waals surface area contributed by atoms with Gasteiger partial charge in [-0.25, -0.2) is 24.4 Å². The summed E-state index contributed by atoms with van der Waals surface area (Å²) in [6, 6.07) is 0. The van der Waals surface area contributed by atoms with Gasteiger partial charge in [-0.3, -0.25) is 14.3 Å². The molecule has 2 aromatic rings. The fraction of sp³-hybridized carbons (Fsp3) is 0.667. The van der Waals surface area contributed by atoms with Crippen molar-refractivity contribution in [2.45, 2.75) is 66.8 Å². The maximum absolute atomic E-state index is 12.2. The third kappa shape index (κ3) is 7.89. The lowest BCUT2D eigenvalue weighted by atomic mass is 9.98. The molecule has 0 aliphatic rings. The van der Waals surface area contributed by atoms with Gasteiger partial charge in [0, 0.05) is 0 Å². The Labute approximate surface area is 204 Å². The molecule has 1 unspecified atom stereocenters. The van der Waals surface area contributed by atoms with Gasteiger partial charge in [-0.05, 0) is 48.5 Å². The number of imidazole rings is 1. The molecule has 0 amide bonds. The van der Waals surface area contributed by atoms with E-state index >= 15 is 0 Å². The Morgan fingerprint density at radius 1 is 1.00 bits per heavy atom. The molecule has 13 nitrogen and oxygen atoms in total. The molecule has 0 aromatic carbocycles. The maximum atomic E-state index is 12.2. The van der Waals surface area contributed by atoms with Crippen LogP contribution in [0.5, 0.6) is 0 Å². The average Bonchev–Trinajstić information content (AvgIpc) is 3.15. The highest BCUT2D eigenvalue weighted by atomic mass is 31.1. The predicted octanol–water partition coefficient (Wildman–Crippen LogP) is 2.58. The van der Waals surface area contributed by atoms with E-state index in [9.17, 15) is 14.2 Å². The molecule has 0 aliphatic heterocycles. The number of anilines is 1. The van der Waals surface area contributed by atoms with Gasteiger partial charge < -0.3 is 19.8 Å². The number of ether oxygens (including phenoxy) is 5. The van der Waals surface area contributed by atoms with Crippen molar-refractivity contribution in [1.82, 2.24) is 19.5 Å². The lowest BCUT2D eigenvalue weighted by Crippen LogP contribution is -2.40. The summed E-state index contributed by atoms with van der Waals surface area (Å²) in [5, 5.41) is 0. The van der Waals surface area contributed by atoms with Crippen LogP contribution >= 0.6 is 8.46 Å². The minimum atomic E-state index is -2.18. The zero-order valence-corrected chi connectivity index (χ0v) is 22.0. The van der Waals surface area contributed by atoms with Crippen molar-refractivity contribution in [2.75, 3.05) is 19.3 Å². The number of nitrogen functional groups attached to an aromatic ring is 1. The third-order valence-electron chi connectivity index (χ3n) is 4.47. The minimum Gasteiger partial charge on any atom is -0.438 e. The molecule has 35 heavy (non-hydrogen) atoms. The van der Waals surface area contributed by atoms with E-state index in [1.54, 1.807) is 53.0 Å². The topological polar surface area (TPSA) is 167 Å². The molecule has 194 valence electrons. The summed E-state index contributed by atoms with van der Waals surface area (Å²) < 4.78 is 40.8. The number of fused-ring (bicyclic) bond motifs is 1. The minimum absolute atomic E-state index is 0.190.